The predicted octanol–water partition coefficient (Wildman–Crippen LogP) is 3.23. The first-order valence-electron chi connectivity index (χ1n) is 8.05. The summed E-state index contributed by atoms with van der Waals surface area (Å²) in [6.07, 6.45) is 2.02. The monoisotopic (exact) mass is 359 g/mol. The molecule has 1 amide bonds. The van der Waals surface area contributed by atoms with Crippen LogP contribution in [-0.2, 0) is 23.8 Å². The summed E-state index contributed by atoms with van der Waals surface area (Å²) in [4.78, 5) is 34.5. The minimum atomic E-state index is -0.554. The van der Waals surface area contributed by atoms with Crippen LogP contribution in [0, 0.1) is 5.92 Å². The third kappa shape index (κ3) is 15.2. The van der Waals surface area contributed by atoms with E-state index in [1.807, 2.05) is 0 Å². The highest BCUT2D eigenvalue weighted by Gasteiger charge is 2.18. The highest BCUT2D eigenvalue weighted by Crippen LogP contribution is 2.08. The Labute approximate surface area is 151 Å². The molecule has 1 N–H and O–H groups in total. The average Bonchev–Trinajstić information content (AvgIpc) is 2.47. The number of hydrogen-bond acceptors (Lipinski definition) is 6. The molecule has 146 valence electrons. The Hall–Kier alpha value is -2.05. The average molecular weight is 359 g/mol. The molecule has 0 saturated carbocycles. The smallest absolute Gasteiger partial charge is 0.407 e. The Morgan fingerprint density at radius 1 is 1.20 bits per heavy atom. The number of carbonyl (C=O) groups excluding carboxylic acids is 3. The summed E-state index contributed by atoms with van der Waals surface area (Å²) in [6.45, 7) is 11.2. The van der Waals surface area contributed by atoms with Crippen molar-refractivity contribution >= 4 is 18.0 Å². The lowest BCUT2D eigenvalue weighted by Crippen LogP contribution is -2.34. The second kappa shape index (κ2) is 13.3. The molecule has 0 aliphatic rings. The predicted molar refractivity (Wildman–Crippen MR) is 96.1 cm³/mol. The number of hydrogen-bond donors (Lipinski definition) is 1. The summed E-state index contributed by atoms with van der Waals surface area (Å²) in [5.74, 6) is -1.06. The van der Waals surface area contributed by atoms with Gasteiger partial charge in [0.2, 0.25) is 0 Å². The Kier molecular flexibility index (Phi) is 13.4. The molecule has 0 aliphatic carbocycles. The molecule has 0 spiro atoms. The van der Waals surface area contributed by atoms with Gasteiger partial charge in [-0.05, 0) is 33.6 Å². The molecule has 1 atom stereocenters. The second-order valence-corrected chi connectivity index (χ2v) is 6.36. The molecule has 1 unspecified atom stereocenters. The lowest BCUT2D eigenvalue weighted by molar-refractivity contribution is -0.150. The lowest BCUT2D eigenvalue weighted by Gasteiger charge is -2.20. The number of amides is 1. The van der Waals surface area contributed by atoms with E-state index < -0.39 is 11.7 Å². The zero-order chi connectivity index (χ0) is 18.6. The van der Waals surface area contributed by atoms with Crippen molar-refractivity contribution in [2.75, 3.05) is 19.8 Å². The molecule has 0 saturated heterocycles. The van der Waals surface area contributed by atoms with Crippen molar-refractivity contribution < 1.29 is 28.6 Å². The first-order valence-corrected chi connectivity index (χ1v) is 8.05. The first kappa shape index (κ1) is 25.2. The van der Waals surface area contributed by atoms with E-state index >= 15 is 0 Å². The highest BCUT2D eigenvalue weighted by molar-refractivity contribution is 5.72. The third-order valence-corrected chi connectivity index (χ3v) is 2.78. The normalized spacial score (nSPS) is 11.5. The van der Waals surface area contributed by atoms with Crippen LogP contribution in [-0.4, -0.2) is 43.4 Å². The zero-order valence-corrected chi connectivity index (χ0v) is 15.1. The van der Waals surface area contributed by atoms with Gasteiger partial charge in [-0.25, -0.2) is 4.79 Å². The van der Waals surface area contributed by atoms with E-state index in [2.05, 4.69) is 11.9 Å². The Morgan fingerprint density at radius 2 is 1.84 bits per heavy atom. The van der Waals surface area contributed by atoms with E-state index in [1.54, 1.807) is 27.7 Å². The van der Waals surface area contributed by atoms with Gasteiger partial charge in [-0.1, -0.05) is 27.0 Å². The number of rotatable bonds is 10. The molecular formula is C18H33NO6. The van der Waals surface area contributed by atoms with E-state index in [9.17, 15) is 14.4 Å². The van der Waals surface area contributed by atoms with E-state index in [0.717, 1.165) is 0 Å². The Bertz CT molecular complexity index is 428. The SMILES string of the molecule is C.C=CCOC(=O)CCCOC(=O)C(C)CCNC(=O)OC(C)(C)C. The maximum absolute atomic E-state index is 11.8. The van der Waals surface area contributed by atoms with Crippen molar-refractivity contribution in [3.8, 4) is 0 Å². The van der Waals surface area contributed by atoms with Gasteiger partial charge in [-0.2, -0.15) is 0 Å². The summed E-state index contributed by atoms with van der Waals surface area (Å²) in [7, 11) is 0. The van der Waals surface area contributed by atoms with Gasteiger partial charge in [-0.3, -0.25) is 9.59 Å². The number of carbonyl (C=O) groups is 3. The molecule has 7 nitrogen and oxygen atoms in total. The summed E-state index contributed by atoms with van der Waals surface area (Å²) in [5, 5.41) is 2.59. The van der Waals surface area contributed by atoms with Gasteiger partial charge in [0.05, 0.1) is 12.5 Å². The molecular weight excluding hydrogens is 326 g/mol. The van der Waals surface area contributed by atoms with E-state index in [-0.39, 0.29) is 44.9 Å². The zero-order valence-electron chi connectivity index (χ0n) is 15.1. The highest BCUT2D eigenvalue weighted by atomic mass is 16.6. The molecule has 0 aromatic rings. The van der Waals surface area contributed by atoms with Crippen LogP contribution in [0.4, 0.5) is 4.79 Å². The summed E-state index contributed by atoms with van der Waals surface area (Å²) in [5.41, 5.74) is -0.554. The number of esters is 2. The second-order valence-electron chi connectivity index (χ2n) is 6.36. The fraction of sp³-hybridized carbons (Fsp3) is 0.722. The van der Waals surface area contributed by atoms with Crippen molar-refractivity contribution in [3.05, 3.63) is 12.7 Å². The molecule has 0 heterocycles. The quantitative estimate of drug-likeness (QED) is 0.279. The number of ether oxygens (including phenoxy) is 3. The summed E-state index contributed by atoms with van der Waals surface area (Å²) < 4.78 is 15.0. The van der Waals surface area contributed by atoms with E-state index in [1.165, 1.54) is 6.08 Å². The Balaban J connectivity index is 0. The fourth-order valence-electron chi connectivity index (χ4n) is 1.58. The summed E-state index contributed by atoms with van der Waals surface area (Å²) >= 11 is 0. The number of alkyl carbamates (subject to hydrolysis) is 1. The van der Waals surface area contributed by atoms with Crippen molar-refractivity contribution in [3.63, 3.8) is 0 Å². The maximum atomic E-state index is 11.8. The van der Waals surface area contributed by atoms with Crippen LogP contribution in [0.1, 0.15) is 54.4 Å². The minimum absolute atomic E-state index is 0. The lowest BCUT2D eigenvalue weighted by atomic mass is 10.1. The van der Waals surface area contributed by atoms with Crippen molar-refractivity contribution in [2.45, 2.75) is 60.0 Å². The molecule has 0 rings (SSSR count). The van der Waals surface area contributed by atoms with E-state index in [4.69, 9.17) is 14.2 Å². The van der Waals surface area contributed by atoms with Gasteiger partial charge >= 0.3 is 18.0 Å². The molecule has 0 radical (unpaired) electrons. The number of nitrogens with one attached hydrogen (secondary N) is 1. The molecule has 0 aromatic carbocycles. The van der Waals surface area contributed by atoms with E-state index in [0.29, 0.717) is 19.4 Å². The van der Waals surface area contributed by atoms with Gasteiger partial charge in [0, 0.05) is 13.0 Å². The van der Waals surface area contributed by atoms with Gasteiger partial charge < -0.3 is 19.5 Å². The van der Waals surface area contributed by atoms with Crippen LogP contribution in [0.25, 0.3) is 0 Å². The van der Waals surface area contributed by atoms with Gasteiger partial charge in [0.1, 0.15) is 12.2 Å². The largest absolute Gasteiger partial charge is 0.465 e. The standard InChI is InChI=1S/C17H29NO6.CH4/c1-6-11-22-14(19)8-7-12-23-15(20)13(2)9-10-18-16(21)24-17(3,4)5;/h6,13H,1,7-12H2,2-5H3,(H,18,21);1H4. The Morgan fingerprint density at radius 3 is 2.40 bits per heavy atom. The van der Waals surface area contributed by atoms with Crippen LogP contribution in [0.15, 0.2) is 12.7 Å². The van der Waals surface area contributed by atoms with Crippen molar-refractivity contribution in [1.82, 2.24) is 5.32 Å². The maximum Gasteiger partial charge on any atom is 0.407 e. The molecule has 0 fully saturated rings. The molecule has 0 bridgehead atoms. The molecule has 7 heteroatoms. The molecule has 25 heavy (non-hydrogen) atoms. The van der Waals surface area contributed by atoms with Gasteiger partial charge in [-0.15, -0.1) is 0 Å². The molecule has 0 aromatic heterocycles. The first-order chi connectivity index (χ1) is 11.2. The van der Waals surface area contributed by atoms with Crippen LogP contribution < -0.4 is 5.32 Å². The minimum Gasteiger partial charge on any atom is -0.465 e. The van der Waals surface area contributed by atoms with Gasteiger partial charge in [0.15, 0.2) is 0 Å². The van der Waals surface area contributed by atoms with Crippen molar-refractivity contribution in [2.24, 2.45) is 5.92 Å². The van der Waals surface area contributed by atoms with Crippen LogP contribution in [0.5, 0.6) is 0 Å². The topological polar surface area (TPSA) is 90.9 Å². The fourth-order valence-corrected chi connectivity index (χ4v) is 1.58. The molecule has 0 aliphatic heterocycles. The van der Waals surface area contributed by atoms with Gasteiger partial charge in [0.25, 0.3) is 0 Å². The summed E-state index contributed by atoms with van der Waals surface area (Å²) in [6, 6.07) is 0. The third-order valence-electron chi connectivity index (χ3n) is 2.78. The van der Waals surface area contributed by atoms with Crippen LogP contribution in [0.2, 0.25) is 0 Å². The van der Waals surface area contributed by atoms with Crippen LogP contribution >= 0.6 is 0 Å². The van der Waals surface area contributed by atoms with Crippen molar-refractivity contribution in [1.29, 1.82) is 0 Å². The van der Waals surface area contributed by atoms with Crippen LogP contribution in [0.3, 0.4) is 0 Å².